The lowest BCUT2D eigenvalue weighted by molar-refractivity contribution is 0.0669. The van der Waals surface area contributed by atoms with Gasteiger partial charge in [0.1, 0.15) is 0 Å². The molecule has 104 valence electrons. The number of hydrogen-bond acceptors (Lipinski definition) is 2. The van der Waals surface area contributed by atoms with E-state index in [-0.39, 0.29) is 5.91 Å². The van der Waals surface area contributed by atoms with Gasteiger partial charge >= 0.3 is 0 Å². The van der Waals surface area contributed by atoms with Gasteiger partial charge in [0, 0.05) is 23.7 Å². The van der Waals surface area contributed by atoms with Crippen molar-refractivity contribution in [3.05, 3.63) is 34.3 Å². The Balaban J connectivity index is 2.08. The summed E-state index contributed by atoms with van der Waals surface area (Å²) >= 11 is 6.00. The molecule has 1 heterocycles. The second-order valence-corrected chi connectivity index (χ2v) is 5.71. The number of carbonyl (C=O) groups is 1. The Hall–Kier alpha value is -1.06. The number of aryl methyl sites for hydroxylation is 1. The van der Waals surface area contributed by atoms with Gasteiger partial charge in [0.05, 0.1) is 0 Å². The first-order valence-corrected chi connectivity index (χ1v) is 7.25. The molecule has 2 rings (SSSR count). The average molecular weight is 281 g/mol. The molecule has 1 aromatic rings. The van der Waals surface area contributed by atoms with Crippen LogP contribution in [-0.4, -0.2) is 30.4 Å². The molecule has 2 N–H and O–H groups in total. The molecule has 1 aliphatic rings. The molecule has 1 aromatic carbocycles. The van der Waals surface area contributed by atoms with Crippen LogP contribution in [0.2, 0.25) is 5.02 Å². The standard InChI is InChI=1S/C15H21ClN2O/c1-11-9-13(4-5-14(11)16)15(19)18-8-2-3-12(10-18)6-7-17/h4-5,9,12H,2-3,6-8,10,17H2,1H3. The van der Waals surface area contributed by atoms with E-state index in [1.165, 1.54) is 6.42 Å². The highest BCUT2D eigenvalue weighted by molar-refractivity contribution is 6.31. The molecule has 4 heteroatoms. The van der Waals surface area contributed by atoms with E-state index in [9.17, 15) is 4.79 Å². The fourth-order valence-corrected chi connectivity index (χ4v) is 2.80. The molecular formula is C15H21ClN2O. The van der Waals surface area contributed by atoms with Gasteiger partial charge in [-0.25, -0.2) is 0 Å². The second kappa shape index (κ2) is 6.40. The molecule has 0 saturated carbocycles. The first-order valence-electron chi connectivity index (χ1n) is 6.87. The summed E-state index contributed by atoms with van der Waals surface area (Å²) in [4.78, 5) is 14.4. The number of amides is 1. The molecule has 1 aliphatic heterocycles. The van der Waals surface area contributed by atoms with Crippen LogP contribution in [0.15, 0.2) is 18.2 Å². The minimum Gasteiger partial charge on any atom is -0.338 e. The third kappa shape index (κ3) is 3.48. The van der Waals surface area contributed by atoms with Crippen molar-refractivity contribution in [2.24, 2.45) is 11.7 Å². The van der Waals surface area contributed by atoms with E-state index in [4.69, 9.17) is 17.3 Å². The van der Waals surface area contributed by atoms with Crippen LogP contribution in [0.25, 0.3) is 0 Å². The highest BCUT2D eigenvalue weighted by Gasteiger charge is 2.24. The third-order valence-corrected chi connectivity index (χ3v) is 4.21. The van der Waals surface area contributed by atoms with Crippen molar-refractivity contribution in [3.63, 3.8) is 0 Å². The van der Waals surface area contributed by atoms with Gasteiger partial charge in [0.15, 0.2) is 0 Å². The third-order valence-electron chi connectivity index (χ3n) is 3.79. The minimum atomic E-state index is 0.112. The quantitative estimate of drug-likeness (QED) is 0.925. The maximum absolute atomic E-state index is 12.5. The molecule has 1 atom stereocenters. The van der Waals surface area contributed by atoms with Gasteiger partial charge < -0.3 is 10.6 Å². The summed E-state index contributed by atoms with van der Waals surface area (Å²) in [6.45, 7) is 4.30. The fourth-order valence-electron chi connectivity index (χ4n) is 2.68. The van der Waals surface area contributed by atoms with Crippen molar-refractivity contribution in [2.45, 2.75) is 26.2 Å². The Labute approximate surface area is 119 Å². The Morgan fingerprint density at radius 3 is 3.00 bits per heavy atom. The number of benzene rings is 1. The van der Waals surface area contributed by atoms with Gasteiger partial charge in [-0.05, 0) is 62.4 Å². The molecule has 1 amide bonds. The van der Waals surface area contributed by atoms with E-state index in [1.807, 2.05) is 24.0 Å². The van der Waals surface area contributed by atoms with Crippen LogP contribution < -0.4 is 5.73 Å². The summed E-state index contributed by atoms with van der Waals surface area (Å²) in [5.74, 6) is 0.664. The van der Waals surface area contributed by atoms with Crippen LogP contribution in [0, 0.1) is 12.8 Å². The van der Waals surface area contributed by atoms with Crippen molar-refractivity contribution in [3.8, 4) is 0 Å². The molecule has 3 nitrogen and oxygen atoms in total. The fraction of sp³-hybridized carbons (Fsp3) is 0.533. The predicted octanol–water partition coefficient (Wildman–Crippen LogP) is 2.85. The topological polar surface area (TPSA) is 46.3 Å². The molecule has 0 aliphatic carbocycles. The highest BCUT2D eigenvalue weighted by Crippen LogP contribution is 2.22. The van der Waals surface area contributed by atoms with Crippen LogP contribution in [-0.2, 0) is 0 Å². The molecule has 0 aromatic heterocycles. The van der Waals surface area contributed by atoms with Crippen LogP contribution >= 0.6 is 11.6 Å². The number of halogens is 1. The zero-order valence-corrected chi connectivity index (χ0v) is 12.1. The number of piperidine rings is 1. The smallest absolute Gasteiger partial charge is 0.253 e. The minimum absolute atomic E-state index is 0.112. The number of nitrogens with two attached hydrogens (primary N) is 1. The number of rotatable bonds is 3. The lowest BCUT2D eigenvalue weighted by Crippen LogP contribution is -2.40. The summed E-state index contributed by atoms with van der Waals surface area (Å²) in [5.41, 5.74) is 7.29. The first kappa shape index (κ1) is 14.4. The number of likely N-dealkylation sites (tertiary alicyclic amines) is 1. The SMILES string of the molecule is Cc1cc(C(=O)N2CCCC(CCN)C2)ccc1Cl. The van der Waals surface area contributed by atoms with Crippen molar-refractivity contribution in [1.29, 1.82) is 0 Å². The van der Waals surface area contributed by atoms with Gasteiger partial charge in [-0.15, -0.1) is 0 Å². The van der Waals surface area contributed by atoms with E-state index in [0.717, 1.165) is 37.1 Å². The number of hydrogen-bond donors (Lipinski definition) is 1. The first-order chi connectivity index (χ1) is 9.11. The predicted molar refractivity (Wildman–Crippen MR) is 78.5 cm³/mol. The Bertz CT molecular complexity index is 459. The van der Waals surface area contributed by atoms with Gasteiger partial charge in [0.25, 0.3) is 5.91 Å². The monoisotopic (exact) mass is 280 g/mol. The maximum Gasteiger partial charge on any atom is 0.253 e. The van der Waals surface area contributed by atoms with E-state index in [1.54, 1.807) is 6.07 Å². The molecule has 0 spiro atoms. The van der Waals surface area contributed by atoms with Crippen molar-refractivity contribution in [1.82, 2.24) is 4.90 Å². The van der Waals surface area contributed by atoms with Gasteiger partial charge in [-0.3, -0.25) is 4.79 Å². The summed E-state index contributed by atoms with van der Waals surface area (Å²) in [5, 5.41) is 0.705. The van der Waals surface area contributed by atoms with Crippen LogP contribution in [0.5, 0.6) is 0 Å². The molecular weight excluding hydrogens is 260 g/mol. The van der Waals surface area contributed by atoms with Gasteiger partial charge in [-0.1, -0.05) is 11.6 Å². The largest absolute Gasteiger partial charge is 0.338 e. The summed E-state index contributed by atoms with van der Waals surface area (Å²) in [6.07, 6.45) is 3.26. The van der Waals surface area contributed by atoms with E-state index >= 15 is 0 Å². The Kier molecular flexibility index (Phi) is 4.83. The zero-order valence-electron chi connectivity index (χ0n) is 11.4. The molecule has 0 radical (unpaired) electrons. The van der Waals surface area contributed by atoms with E-state index in [0.29, 0.717) is 17.5 Å². The average Bonchev–Trinajstić information content (AvgIpc) is 2.42. The number of nitrogens with zero attached hydrogens (tertiary/aromatic N) is 1. The van der Waals surface area contributed by atoms with Crippen molar-refractivity contribution in [2.75, 3.05) is 19.6 Å². The molecule has 1 fully saturated rings. The van der Waals surface area contributed by atoms with E-state index < -0.39 is 0 Å². The normalized spacial score (nSPS) is 19.5. The van der Waals surface area contributed by atoms with Gasteiger partial charge in [-0.2, -0.15) is 0 Å². The van der Waals surface area contributed by atoms with Crippen LogP contribution in [0.1, 0.15) is 35.2 Å². The van der Waals surface area contributed by atoms with E-state index in [2.05, 4.69) is 0 Å². The molecule has 1 saturated heterocycles. The lowest BCUT2D eigenvalue weighted by atomic mass is 9.94. The molecule has 1 unspecified atom stereocenters. The lowest BCUT2D eigenvalue weighted by Gasteiger charge is -2.32. The highest BCUT2D eigenvalue weighted by atomic mass is 35.5. The van der Waals surface area contributed by atoms with Crippen LogP contribution in [0.3, 0.4) is 0 Å². The Morgan fingerprint density at radius 1 is 1.53 bits per heavy atom. The van der Waals surface area contributed by atoms with Gasteiger partial charge in [0.2, 0.25) is 0 Å². The molecule has 19 heavy (non-hydrogen) atoms. The summed E-state index contributed by atoms with van der Waals surface area (Å²) in [6, 6.07) is 5.48. The summed E-state index contributed by atoms with van der Waals surface area (Å²) in [7, 11) is 0. The number of carbonyl (C=O) groups excluding carboxylic acids is 1. The van der Waals surface area contributed by atoms with Crippen molar-refractivity contribution < 1.29 is 4.79 Å². The van der Waals surface area contributed by atoms with Crippen molar-refractivity contribution >= 4 is 17.5 Å². The maximum atomic E-state index is 12.5. The second-order valence-electron chi connectivity index (χ2n) is 5.30. The van der Waals surface area contributed by atoms with Crippen LogP contribution in [0.4, 0.5) is 0 Å². The molecule has 0 bridgehead atoms. The summed E-state index contributed by atoms with van der Waals surface area (Å²) < 4.78 is 0. The Morgan fingerprint density at radius 2 is 2.32 bits per heavy atom. The zero-order chi connectivity index (χ0) is 13.8.